The SMILES string of the molecule is NC(=O)Nc1nc2ncccn2n1. The van der Waals surface area contributed by atoms with Crippen LogP contribution in [0.2, 0.25) is 0 Å². The van der Waals surface area contributed by atoms with Gasteiger partial charge in [-0.2, -0.15) is 4.98 Å². The second-order valence-corrected chi connectivity index (χ2v) is 2.29. The first kappa shape index (κ1) is 7.47. The lowest BCUT2D eigenvalue weighted by Crippen LogP contribution is -2.20. The molecule has 3 N–H and O–H groups in total. The van der Waals surface area contributed by atoms with Crippen molar-refractivity contribution in [2.45, 2.75) is 0 Å². The lowest BCUT2D eigenvalue weighted by molar-refractivity contribution is 0.259. The van der Waals surface area contributed by atoms with E-state index in [-0.39, 0.29) is 5.95 Å². The molecule has 2 amide bonds. The van der Waals surface area contributed by atoms with E-state index >= 15 is 0 Å². The molecule has 0 radical (unpaired) electrons. The lowest BCUT2D eigenvalue weighted by atomic mass is 10.7. The van der Waals surface area contributed by atoms with Gasteiger partial charge in [-0.25, -0.2) is 14.3 Å². The van der Waals surface area contributed by atoms with Gasteiger partial charge in [-0.3, -0.25) is 5.32 Å². The van der Waals surface area contributed by atoms with Crippen LogP contribution in [0.5, 0.6) is 0 Å². The fourth-order valence-electron chi connectivity index (χ4n) is 0.896. The number of fused-ring (bicyclic) bond motifs is 1. The Morgan fingerprint density at radius 1 is 1.62 bits per heavy atom. The van der Waals surface area contributed by atoms with Crippen molar-refractivity contribution in [2.75, 3.05) is 5.32 Å². The first-order valence-corrected chi connectivity index (χ1v) is 3.49. The van der Waals surface area contributed by atoms with Gasteiger partial charge in [0.05, 0.1) is 0 Å². The molecule has 66 valence electrons. The molecule has 2 heterocycles. The third kappa shape index (κ3) is 1.39. The van der Waals surface area contributed by atoms with E-state index in [4.69, 9.17) is 5.73 Å². The first-order valence-electron chi connectivity index (χ1n) is 3.49. The monoisotopic (exact) mass is 178 g/mol. The van der Waals surface area contributed by atoms with Crippen molar-refractivity contribution in [3.63, 3.8) is 0 Å². The molecule has 0 aliphatic rings. The fraction of sp³-hybridized carbons (Fsp3) is 0. The smallest absolute Gasteiger partial charge is 0.319 e. The average Bonchev–Trinajstić information content (AvgIpc) is 2.44. The molecular formula is C6H6N6O. The van der Waals surface area contributed by atoms with Crippen LogP contribution >= 0.6 is 0 Å². The summed E-state index contributed by atoms with van der Waals surface area (Å²) in [6, 6.07) is 1.01. The van der Waals surface area contributed by atoms with E-state index in [1.54, 1.807) is 18.5 Å². The van der Waals surface area contributed by atoms with Crippen molar-refractivity contribution in [3.8, 4) is 0 Å². The number of nitrogens with one attached hydrogen (secondary N) is 1. The summed E-state index contributed by atoms with van der Waals surface area (Å²) in [7, 11) is 0. The van der Waals surface area contributed by atoms with E-state index in [1.807, 2.05) is 0 Å². The maximum Gasteiger partial charge on any atom is 0.319 e. The maximum atomic E-state index is 10.4. The van der Waals surface area contributed by atoms with Gasteiger partial charge in [-0.15, -0.1) is 5.10 Å². The molecule has 0 spiro atoms. The minimum atomic E-state index is -0.698. The van der Waals surface area contributed by atoms with Crippen LogP contribution in [0.15, 0.2) is 18.5 Å². The van der Waals surface area contributed by atoms with Gasteiger partial charge < -0.3 is 5.73 Å². The Morgan fingerprint density at radius 3 is 3.15 bits per heavy atom. The number of nitrogens with zero attached hydrogens (tertiary/aromatic N) is 4. The molecule has 0 unspecified atom stereocenters. The minimum Gasteiger partial charge on any atom is -0.351 e. The molecular weight excluding hydrogens is 172 g/mol. The zero-order valence-electron chi connectivity index (χ0n) is 6.51. The predicted molar refractivity (Wildman–Crippen MR) is 44.0 cm³/mol. The predicted octanol–water partition coefficient (Wildman–Crippen LogP) is -0.385. The summed E-state index contributed by atoms with van der Waals surface area (Å²) in [4.78, 5) is 18.2. The molecule has 0 saturated heterocycles. The molecule has 7 heteroatoms. The van der Waals surface area contributed by atoms with Crippen LogP contribution in [0.4, 0.5) is 10.7 Å². The van der Waals surface area contributed by atoms with Crippen LogP contribution < -0.4 is 11.1 Å². The van der Waals surface area contributed by atoms with Crippen molar-refractivity contribution >= 4 is 17.8 Å². The summed E-state index contributed by atoms with van der Waals surface area (Å²) in [5.41, 5.74) is 4.89. The summed E-state index contributed by atoms with van der Waals surface area (Å²) >= 11 is 0. The Kier molecular flexibility index (Phi) is 1.55. The molecule has 0 aromatic carbocycles. The van der Waals surface area contributed by atoms with Gasteiger partial charge >= 0.3 is 6.03 Å². The summed E-state index contributed by atoms with van der Waals surface area (Å²) in [6.45, 7) is 0. The van der Waals surface area contributed by atoms with Crippen molar-refractivity contribution in [3.05, 3.63) is 18.5 Å². The largest absolute Gasteiger partial charge is 0.351 e. The van der Waals surface area contributed by atoms with Crippen molar-refractivity contribution in [2.24, 2.45) is 5.73 Å². The number of hydrogen-bond acceptors (Lipinski definition) is 4. The number of carbonyl (C=O) groups excluding carboxylic acids is 1. The summed E-state index contributed by atoms with van der Waals surface area (Å²) in [6.07, 6.45) is 3.25. The highest BCUT2D eigenvalue weighted by atomic mass is 16.2. The zero-order valence-corrected chi connectivity index (χ0v) is 6.51. The van der Waals surface area contributed by atoms with Gasteiger partial charge in [0.25, 0.3) is 11.7 Å². The molecule has 0 bridgehead atoms. The fourth-order valence-corrected chi connectivity index (χ4v) is 0.896. The number of amides is 2. The molecule has 13 heavy (non-hydrogen) atoms. The minimum absolute atomic E-state index is 0.145. The van der Waals surface area contributed by atoms with E-state index in [9.17, 15) is 4.79 Å². The van der Waals surface area contributed by atoms with Crippen LogP contribution in [0.25, 0.3) is 5.78 Å². The maximum absolute atomic E-state index is 10.4. The van der Waals surface area contributed by atoms with Crippen LogP contribution in [-0.4, -0.2) is 25.6 Å². The van der Waals surface area contributed by atoms with E-state index in [2.05, 4.69) is 20.4 Å². The zero-order chi connectivity index (χ0) is 9.26. The molecule has 0 fully saturated rings. The Bertz CT molecular complexity index is 416. The third-order valence-electron chi connectivity index (χ3n) is 1.35. The third-order valence-corrected chi connectivity index (χ3v) is 1.35. The lowest BCUT2D eigenvalue weighted by Gasteiger charge is -1.89. The Labute approximate surface area is 72.6 Å². The molecule has 0 aliphatic heterocycles. The van der Waals surface area contributed by atoms with Crippen molar-refractivity contribution in [1.29, 1.82) is 0 Å². The topological polar surface area (TPSA) is 98.2 Å². The Balaban J connectivity index is 2.44. The van der Waals surface area contributed by atoms with Crippen LogP contribution in [0, 0.1) is 0 Å². The molecule has 2 rings (SSSR count). The average molecular weight is 178 g/mol. The summed E-state index contributed by atoms with van der Waals surface area (Å²) < 4.78 is 1.44. The van der Waals surface area contributed by atoms with Crippen molar-refractivity contribution in [1.82, 2.24) is 19.6 Å². The quantitative estimate of drug-likeness (QED) is 0.621. The number of hydrogen-bond donors (Lipinski definition) is 2. The van der Waals surface area contributed by atoms with E-state index < -0.39 is 6.03 Å². The second-order valence-electron chi connectivity index (χ2n) is 2.29. The van der Waals surface area contributed by atoms with Gasteiger partial charge in [0, 0.05) is 12.4 Å². The molecule has 0 saturated carbocycles. The standard InChI is InChI=1S/C6H6N6O/c7-4(13)9-5-10-6-8-2-1-3-12(6)11-5/h1-3H,(H3,7,9,11,13). The molecule has 2 aromatic rings. The summed E-state index contributed by atoms with van der Waals surface area (Å²) in [5, 5.41) is 6.13. The first-order chi connectivity index (χ1) is 6.25. The van der Waals surface area contributed by atoms with E-state index in [0.29, 0.717) is 5.78 Å². The van der Waals surface area contributed by atoms with Crippen LogP contribution in [0.3, 0.4) is 0 Å². The summed E-state index contributed by atoms with van der Waals surface area (Å²) in [5.74, 6) is 0.553. The number of primary amides is 1. The molecule has 0 aliphatic carbocycles. The number of nitrogens with two attached hydrogens (primary N) is 1. The number of rotatable bonds is 1. The highest BCUT2D eigenvalue weighted by Crippen LogP contribution is 2.00. The Morgan fingerprint density at radius 2 is 2.46 bits per heavy atom. The number of urea groups is 1. The number of aromatic nitrogens is 4. The van der Waals surface area contributed by atoms with Gasteiger partial charge in [-0.1, -0.05) is 0 Å². The van der Waals surface area contributed by atoms with Crippen LogP contribution in [-0.2, 0) is 0 Å². The highest BCUT2D eigenvalue weighted by molar-refractivity contribution is 5.85. The number of carbonyl (C=O) groups is 1. The van der Waals surface area contributed by atoms with Gasteiger partial charge in [-0.05, 0) is 6.07 Å². The van der Waals surface area contributed by atoms with Crippen LogP contribution in [0.1, 0.15) is 0 Å². The van der Waals surface area contributed by atoms with Gasteiger partial charge in [0.2, 0.25) is 0 Å². The Hall–Kier alpha value is -2.18. The molecule has 7 nitrogen and oxygen atoms in total. The van der Waals surface area contributed by atoms with Crippen molar-refractivity contribution < 1.29 is 4.79 Å². The highest BCUT2D eigenvalue weighted by Gasteiger charge is 2.03. The molecule has 2 aromatic heterocycles. The second kappa shape index (κ2) is 2.70. The number of anilines is 1. The van der Waals surface area contributed by atoms with Gasteiger partial charge in [0.1, 0.15) is 0 Å². The van der Waals surface area contributed by atoms with E-state index in [0.717, 1.165) is 0 Å². The van der Waals surface area contributed by atoms with E-state index in [1.165, 1.54) is 4.52 Å². The normalized spacial score (nSPS) is 10.2. The van der Waals surface area contributed by atoms with Gasteiger partial charge in [0.15, 0.2) is 0 Å². The molecule has 0 atom stereocenters.